The van der Waals surface area contributed by atoms with Gasteiger partial charge in [0.05, 0.1) is 24.9 Å². The van der Waals surface area contributed by atoms with Crippen molar-refractivity contribution in [2.75, 3.05) is 36.5 Å². The van der Waals surface area contributed by atoms with E-state index in [1.807, 2.05) is 25.7 Å². The molecule has 13 heteroatoms. The van der Waals surface area contributed by atoms with Gasteiger partial charge in [-0.2, -0.15) is 0 Å². The summed E-state index contributed by atoms with van der Waals surface area (Å²) in [6.07, 6.45) is 0.262. The largest absolute Gasteiger partial charge is 0.497 e. The molecule has 1 aliphatic rings. The zero-order chi connectivity index (χ0) is 29.2. The van der Waals surface area contributed by atoms with E-state index in [2.05, 4.69) is 20.9 Å². The first-order valence-electron chi connectivity index (χ1n) is 12.5. The smallest absolute Gasteiger partial charge is 0.410 e. The molecule has 1 atom stereocenters. The summed E-state index contributed by atoms with van der Waals surface area (Å²) in [7, 11) is -0.995. The first-order valence-corrected chi connectivity index (χ1v) is 15.7. The maximum atomic E-state index is 15.6. The van der Waals surface area contributed by atoms with Crippen LogP contribution in [0.2, 0.25) is 0 Å². The van der Waals surface area contributed by atoms with Gasteiger partial charge in [0.15, 0.2) is 5.82 Å². The fraction of sp³-hybridized carbons (Fsp3) is 0.407. The van der Waals surface area contributed by atoms with Crippen molar-refractivity contribution in [2.24, 2.45) is 0 Å². The third kappa shape index (κ3) is 6.69. The number of thiazole rings is 1. The van der Waals surface area contributed by atoms with Gasteiger partial charge in [-0.15, -0.1) is 11.3 Å². The van der Waals surface area contributed by atoms with Gasteiger partial charge in [-0.3, -0.25) is 0 Å². The van der Waals surface area contributed by atoms with Crippen molar-refractivity contribution in [1.82, 2.24) is 9.88 Å². The van der Waals surface area contributed by atoms with E-state index in [1.165, 1.54) is 29.0 Å². The van der Waals surface area contributed by atoms with E-state index in [9.17, 15) is 13.2 Å². The molecule has 0 radical (unpaired) electrons. The number of ether oxygens (including phenoxy) is 2. The minimum absolute atomic E-state index is 0.0443. The molecule has 9 nitrogen and oxygen atoms in total. The maximum absolute atomic E-state index is 15.6. The number of sulfonamides is 1. The number of carbonyl (C=O) groups is 1. The summed E-state index contributed by atoms with van der Waals surface area (Å²) in [5, 5.41) is 1.60. The van der Waals surface area contributed by atoms with Crippen molar-refractivity contribution in [3.8, 4) is 5.75 Å². The number of carbonyl (C=O) groups excluding carboxylic acids is 1. The van der Waals surface area contributed by atoms with Crippen molar-refractivity contribution in [1.29, 1.82) is 0 Å². The summed E-state index contributed by atoms with van der Waals surface area (Å²) in [6.45, 7) is 6.30. The van der Waals surface area contributed by atoms with E-state index in [1.54, 1.807) is 48.7 Å². The van der Waals surface area contributed by atoms with Crippen LogP contribution in [0, 0.1) is 5.82 Å². The molecular weight excluding hydrogens is 623 g/mol. The lowest BCUT2D eigenvalue weighted by Gasteiger charge is -2.29. The highest BCUT2D eigenvalue weighted by Gasteiger charge is 2.34. The summed E-state index contributed by atoms with van der Waals surface area (Å²) in [6, 6.07) is 9.35. The molecule has 2 aromatic carbocycles. The average molecular weight is 656 g/mol. The summed E-state index contributed by atoms with van der Waals surface area (Å²) in [5.74, 6) is -0.0503. The van der Waals surface area contributed by atoms with Gasteiger partial charge in [-0.1, -0.05) is 12.1 Å². The number of hydrogen-bond acceptors (Lipinski definition) is 8. The van der Waals surface area contributed by atoms with Gasteiger partial charge in [-0.25, -0.2) is 26.9 Å². The predicted octanol–water partition coefficient (Wildman–Crippen LogP) is 5.89. The minimum Gasteiger partial charge on any atom is -0.497 e. The summed E-state index contributed by atoms with van der Waals surface area (Å²) < 4.78 is 55.5. The quantitative estimate of drug-likeness (QED) is 0.299. The molecule has 1 aliphatic heterocycles. The molecule has 40 heavy (non-hydrogen) atoms. The second-order valence-electron chi connectivity index (χ2n) is 10.4. The molecule has 1 saturated heterocycles. The van der Waals surface area contributed by atoms with Crippen LogP contribution in [0.1, 0.15) is 32.8 Å². The Morgan fingerprint density at radius 3 is 2.55 bits per heavy atom. The van der Waals surface area contributed by atoms with Gasteiger partial charge in [0, 0.05) is 36.0 Å². The number of likely N-dealkylation sites (tertiary alicyclic amines) is 1. The molecule has 1 fully saturated rings. The van der Waals surface area contributed by atoms with Crippen LogP contribution in [0.15, 0.2) is 56.7 Å². The second kappa shape index (κ2) is 11.9. The van der Waals surface area contributed by atoms with Gasteiger partial charge < -0.3 is 19.3 Å². The molecular formula is C27H32BrFN4O5S2. The van der Waals surface area contributed by atoms with Crippen molar-refractivity contribution >= 4 is 54.9 Å². The zero-order valence-electron chi connectivity index (χ0n) is 22.9. The lowest BCUT2D eigenvalue weighted by Crippen LogP contribution is -2.39. The topological polar surface area (TPSA) is 92.3 Å². The Bertz CT molecular complexity index is 1450. The number of rotatable bonds is 8. The van der Waals surface area contributed by atoms with Gasteiger partial charge >= 0.3 is 6.09 Å². The third-order valence-electron chi connectivity index (χ3n) is 6.47. The molecule has 216 valence electrons. The van der Waals surface area contributed by atoms with Crippen LogP contribution < -0.4 is 13.9 Å². The number of hydrogen-bond donors (Lipinski definition) is 0. The number of aromatic nitrogens is 1. The van der Waals surface area contributed by atoms with E-state index in [0.29, 0.717) is 41.0 Å². The monoisotopic (exact) mass is 654 g/mol. The fourth-order valence-corrected chi connectivity index (χ4v) is 7.22. The molecule has 2 heterocycles. The Morgan fingerprint density at radius 2 is 1.95 bits per heavy atom. The SMILES string of the molecule is COc1ccc(CN(c2cscn2)S(=O)(=O)c2cc(Br)c(N(C)[C@H]3CCN(C(=O)OC(C)(C)C)C3)cc2F)cc1. The Labute approximate surface area is 246 Å². The molecule has 0 aliphatic carbocycles. The van der Waals surface area contributed by atoms with E-state index >= 15 is 4.39 Å². The first kappa shape index (κ1) is 30.1. The third-order valence-corrected chi connectivity index (χ3v) is 9.45. The van der Waals surface area contributed by atoms with Crippen LogP contribution in [-0.2, 0) is 21.3 Å². The highest BCUT2D eigenvalue weighted by molar-refractivity contribution is 9.10. The molecule has 0 saturated carbocycles. The van der Waals surface area contributed by atoms with E-state index in [4.69, 9.17) is 9.47 Å². The van der Waals surface area contributed by atoms with Crippen molar-refractivity contribution in [2.45, 2.75) is 50.3 Å². The number of benzene rings is 2. The van der Waals surface area contributed by atoms with E-state index < -0.39 is 32.4 Å². The second-order valence-corrected chi connectivity index (χ2v) is 13.8. The van der Waals surface area contributed by atoms with Crippen molar-refractivity contribution in [3.05, 3.63) is 63.1 Å². The molecule has 0 bridgehead atoms. The number of methoxy groups -OCH3 is 1. The lowest BCUT2D eigenvalue weighted by molar-refractivity contribution is 0.0292. The van der Waals surface area contributed by atoms with E-state index in [-0.39, 0.29) is 18.4 Å². The molecule has 0 unspecified atom stereocenters. The van der Waals surface area contributed by atoms with Crippen LogP contribution in [-0.4, -0.2) is 63.3 Å². The Morgan fingerprint density at radius 1 is 1.25 bits per heavy atom. The fourth-order valence-electron chi connectivity index (χ4n) is 4.37. The van der Waals surface area contributed by atoms with Gasteiger partial charge in [0.2, 0.25) is 0 Å². The zero-order valence-corrected chi connectivity index (χ0v) is 26.1. The average Bonchev–Trinajstić information content (AvgIpc) is 3.60. The van der Waals surface area contributed by atoms with Gasteiger partial charge in [0.1, 0.15) is 22.1 Å². The molecule has 0 spiro atoms. The Balaban J connectivity index is 1.59. The molecule has 4 rings (SSSR count). The number of amides is 1. The van der Waals surface area contributed by atoms with Crippen LogP contribution >= 0.6 is 27.3 Å². The number of halogens is 2. The summed E-state index contributed by atoms with van der Waals surface area (Å²) >= 11 is 4.71. The van der Waals surface area contributed by atoms with Crippen molar-refractivity contribution in [3.63, 3.8) is 0 Å². The molecule has 0 N–H and O–H groups in total. The summed E-state index contributed by atoms with van der Waals surface area (Å²) in [4.78, 5) is 19.7. The predicted molar refractivity (Wildman–Crippen MR) is 157 cm³/mol. The lowest BCUT2D eigenvalue weighted by atomic mass is 10.2. The normalized spacial score (nSPS) is 15.7. The summed E-state index contributed by atoms with van der Waals surface area (Å²) in [5.41, 5.74) is 2.08. The highest BCUT2D eigenvalue weighted by Crippen LogP contribution is 2.36. The Kier molecular flexibility index (Phi) is 8.96. The standard InChI is InChI=1S/C27H32BrFN4O5S2/c1-27(2,3)38-26(34)32-11-10-19(15-32)31(4)23-13-22(29)24(12-21(23)28)40(35,36)33(25-16-39-17-30-25)14-18-6-8-20(37-5)9-7-18/h6-9,12-13,16-17,19H,10-11,14-15H2,1-5H3/t19-/m0/s1. The minimum atomic E-state index is -4.34. The number of anilines is 2. The molecule has 3 aromatic rings. The first-order chi connectivity index (χ1) is 18.8. The molecule has 1 aromatic heterocycles. The van der Waals surface area contributed by atoms with Crippen LogP contribution in [0.5, 0.6) is 5.75 Å². The van der Waals surface area contributed by atoms with Crippen LogP contribution in [0.4, 0.5) is 20.7 Å². The van der Waals surface area contributed by atoms with Crippen LogP contribution in [0.25, 0.3) is 0 Å². The number of likely N-dealkylation sites (N-methyl/N-ethyl adjacent to an activating group) is 1. The highest BCUT2D eigenvalue weighted by atomic mass is 79.9. The van der Waals surface area contributed by atoms with E-state index in [0.717, 1.165) is 4.31 Å². The van der Waals surface area contributed by atoms with Crippen molar-refractivity contribution < 1.29 is 27.1 Å². The molecule has 1 amide bonds. The Hall–Kier alpha value is -2.90. The number of nitrogens with zero attached hydrogens (tertiary/aromatic N) is 4. The van der Waals surface area contributed by atoms with Crippen LogP contribution in [0.3, 0.4) is 0 Å². The van der Waals surface area contributed by atoms with Gasteiger partial charge in [-0.05, 0) is 73.0 Å². The maximum Gasteiger partial charge on any atom is 0.410 e. The van der Waals surface area contributed by atoms with Gasteiger partial charge in [0.25, 0.3) is 10.0 Å².